The number of imidazole rings is 2. The van der Waals surface area contributed by atoms with Gasteiger partial charge in [0.2, 0.25) is 11.9 Å². The molecule has 39 heavy (non-hydrogen) atoms. The summed E-state index contributed by atoms with van der Waals surface area (Å²) in [4.78, 5) is 21.2. The van der Waals surface area contributed by atoms with Gasteiger partial charge in [-0.05, 0) is 48.5 Å². The summed E-state index contributed by atoms with van der Waals surface area (Å²) in [6.45, 7) is 1.76. The van der Waals surface area contributed by atoms with Crippen LogP contribution in [0.4, 0.5) is 23.3 Å². The van der Waals surface area contributed by atoms with E-state index in [0.717, 1.165) is 75.0 Å². The maximum Gasteiger partial charge on any atom is 0.208 e. The van der Waals surface area contributed by atoms with E-state index in [9.17, 15) is 0 Å². The third-order valence-electron chi connectivity index (χ3n) is 6.49. The second-order valence-electron chi connectivity index (χ2n) is 9.06. The number of anilines is 4. The van der Waals surface area contributed by atoms with Crippen LogP contribution in [0.15, 0.2) is 109 Å². The molecule has 2 heterocycles. The fourth-order valence-corrected chi connectivity index (χ4v) is 6.59. The smallest absolute Gasteiger partial charge is 0.208 e. The molecule has 0 spiro atoms. The molecular weight excluding hydrogens is 521 g/mol. The molecule has 0 aliphatic rings. The van der Waals surface area contributed by atoms with Gasteiger partial charge in [0.05, 0.1) is 22.1 Å². The minimum absolute atomic E-state index is 0.879. The van der Waals surface area contributed by atoms with Gasteiger partial charge in [-0.1, -0.05) is 60.7 Å². The van der Waals surface area contributed by atoms with E-state index in [-0.39, 0.29) is 0 Å². The molecule has 6 rings (SSSR count). The lowest BCUT2D eigenvalue weighted by atomic mass is 10.3. The Morgan fingerprint density at radius 1 is 0.513 bits per heavy atom. The molecule has 0 aliphatic carbocycles. The first-order valence-corrected chi connectivity index (χ1v) is 15.4. The predicted molar refractivity (Wildman–Crippen MR) is 169 cm³/mol. The fourth-order valence-electron chi connectivity index (χ4n) is 4.55. The zero-order chi connectivity index (χ0) is 26.3. The number of para-hydroxylation sites is 6. The Labute approximate surface area is 236 Å². The van der Waals surface area contributed by atoms with Crippen molar-refractivity contribution < 1.29 is 0 Å². The summed E-state index contributed by atoms with van der Waals surface area (Å²) in [6, 6.07) is 37.4. The van der Waals surface area contributed by atoms with E-state index in [1.807, 2.05) is 59.9 Å². The molecule has 0 fully saturated rings. The van der Waals surface area contributed by atoms with E-state index in [4.69, 9.17) is 9.97 Å². The van der Waals surface area contributed by atoms with Gasteiger partial charge in [0.15, 0.2) is 0 Å². The van der Waals surface area contributed by atoms with Gasteiger partial charge >= 0.3 is 0 Å². The van der Waals surface area contributed by atoms with Gasteiger partial charge in [-0.2, -0.15) is 0 Å². The molecule has 0 unspecified atom stereocenters. The van der Waals surface area contributed by atoms with E-state index >= 15 is 0 Å². The van der Waals surface area contributed by atoms with Gasteiger partial charge in [0, 0.05) is 41.1 Å². The van der Waals surface area contributed by atoms with Crippen LogP contribution in [0.25, 0.3) is 22.1 Å². The number of aromatic amines is 2. The van der Waals surface area contributed by atoms with Crippen molar-refractivity contribution in [2.24, 2.45) is 0 Å². The van der Waals surface area contributed by atoms with Gasteiger partial charge in [-0.15, -0.1) is 23.5 Å². The third-order valence-corrected chi connectivity index (χ3v) is 8.76. The number of hydrogen-bond donors (Lipinski definition) is 2. The molecule has 4 aromatic carbocycles. The topological polar surface area (TPSA) is 63.8 Å². The average molecular weight is 551 g/mol. The monoisotopic (exact) mass is 550 g/mol. The Morgan fingerprint density at radius 2 is 0.923 bits per heavy atom. The third kappa shape index (κ3) is 6.08. The number of H-pyrrole nitrogens is 2. The minimum atomic E-state index is 0.879. The van der Waals surface area contributed by atoms with Crippen molar-refractivity contribution in [3.05, 3.63) is 109 Å². The van der Waals surface area contributed by atoms with E-state index in [2.05, 4.69) is 92.6 Å². The Balaban J connectivity index is 1.05. The molecule has 0 atom stereocenters. The molecule has 2 aromatic heterocycles. The molecule has 0 radical (unpaired) electrons. The first-order valence-electron chi connectivity index (χ1n) is 13.1. The summed E-state index contributed by atoms with van der Waals surface area (Å²) in [5.41, 5.74) is 6.39. The molecule has 196 valence electrons. The lowest BCUT2D eigenvalue weighted by molar-refractivity contribution is 0.982. The molecule has 0 amide bonds. The first kappa shape index (κ1) is 25.4. The standard InChI is InChI=1S/C31H30N6S2/c1-3-11-24(12-4-1)36(30-32-26-15-7-8-16-27(26)33-30)19-21-38-23-39-22-20-37(25-13-5-2-6-14-25)31-34-28-17-9-10-18-29(28)35-31/h1-18H,19-23H2,(H,32,33)(H,34,35). The lowest BCUT2D eigenvalue weighted by Crippen LogP contribution is -2.22. The number of thioether (sulfide) groups is 2. The molecule has 2 N–H and O–H groups in total. The number of nitrogens with zero attached hydrogens (tertiary/aromatic N) is 4. The maximum absolute atomic E-state index is 4.85. The molecular formula is C31H30N6S2. The summed E-state index contributed by atoms with van der Waals surface area (Å²) in [6.07, 6.45) is 0. The number of hydrogen-bond acceptors (Lipinski definition) is 6. The minimum Gasteiger partial charge on any atom is -0.324 e. The summed E-state index contributed by atoms with van der Waals surface area (Å²) in [5, 5.41) is 1.03. The molecule has 0 saturated heterocycles. The Morgan fingerprint density at radius 3 is 1.36 bits per heavy atom. The van der Waals surface area contributed by atoms with Crippen LogP contribution in [-0.2, 0) is 0 Å². The zero-order valence-corrected chi connectivity index (χ0v) is 23.2. The Bertz CT molecular complexity index is 1430. The van der Waals surface area contributed by atoms with Gasteiger partial charge in [-0.25, -0.2) is 9.97 Å². The van der Waals surface area contributed by atoms with Crippen LogP contribution in [0, 0.1) is 0 Å². The number of rotatable bonds is 12. The Hall–Kier alpha value is -3.88. The Kier molecular flexibility index (Phi) is 8.02. The molecule has 6 nitrogen and oxygen atoms in total. The predicted octanol–water partition coefficient (Wildman–Crippen LogP) is 7.84. The molecule has 8 heteroatoms. The van der Waals surface area contributed by atoms with Crippen molar-refractivity contribution in [3.63, 3.8) is 0 Å². The first-order chi connectivity index (χ1) is 19.3. The number of benzene rings is 4. The van der Waals surface area contributed by atoms with E-state index < -0.39 is 0 Å². The van der Waals surface area contributed by atoms with Crippen molar-refractivity contribution in [2.45, 2.75) is 0 Å². The largest absolute Gasteiger partial charge is 0.324 e. The molecule has 0 saturated carbocycles. The zero-order valence-electron chi connectivity index (χ0n) is 21.5. The summed E-state index contributed by atoms with van der Waals surface area (Å²) in [5.74, 6) is 3.79. The van der Waals surface area contributed by atoms with Crippen molar-refractivity contribution in [2.75, 3.05) is 39.5 Å². The number of aromatic nitrogens is 4. The van der Waals surface area contributed by atoms with Gasteiger partial charge < -0.3 is 19.8 Å². The molecule has 6 aromatic rings. The normalized spacial score (nSPS) is 11.3. The van der Waals surface area contributed by atoms with E-state index in [1.54, 1.807) is 0 Å². The maximum atomic E-state index is 4.85. The SMILES string of the molecule is c1ccc(N(CCSCSCCN(c2ccccc2)c2nc3ccccc3[nH]2)c2nc3ccccc3[nH]2)cc1. The lowest BCUT2D eigenvalue weighted by Gasteiger charge is -2.22. The highest BCUT2D eigenvalue weighted by Gasteiger charge is 2.15. The van der Waals surface area contributed by atoms with Crippen molar-refractivity contribution in [1.29, 1.82) is 0 Å². The van der Waals surface area contributed by atoms with Crippen LogP contribution in [0.5, 0.6) is 0 Å². The summed E-state index contributed by atoms with van der Waals surface area (Å²) in [7, 11) is 0. The average Bonchev–Trinajstić information content (AvgIpc) is 3.62. The quantitative estimate of drug-likeness (QED) is 0.120. The highest BCUT2D eigenvalue weighted by Crippen LogP contribution is 2.28. The highest BCUT2D eigenvalue weighted by atomic mass is 32.2. The van der Waals surface area contributed by atoms with Crippen LogP contribution in [-0.4, -0.2) is 49.6 Å². The second-order valence-corrected chi connectivity index (χ2v) is 11.6. The number of fused-ring (bicyclic) bond motifs is 2. The molecule has 0 bridgehead atoms. The van der Waals surface area contributed by atoms with Gasteiger partial charge in [0.1, 0.15) is 0 Å². The van der Waals surface area contributed by atoms with Crippen molar-refractivity contribution >= 4 is 68.9 Å². The molecule has 0 aliphatic heterocycles. The van der Waals surface area contributed by atoms with E-state index in [0.29, 0.717) is 0 Å². The van der Waals surface area contributed by atoms with Crippen molar-refractivity contribution in [1.82, 2.24) is 19.9 Å². The van der Waals surface area contributed by atoms with Crippen LogP contribution < -0.4 is 9.80 Å². The van der Waals surface area contributed by atoms with Crippen LogP contribution >= 0.6 is 23.5 Å². The van der Waals surface area contributed by atoms with Crippen LogP contribution in [0.1, 0.15) is 0 Å². The van der Waals surface area contributed by atoms with E-state index in [1.165, 1.54) is 0 Å². The highest BCUT2D eigenvalue weighted by molar-refractivity contribution is 8.16. The number of nitrogens with one attached hydrogen (secondary N) is 2. The summed E-state index contributed by atoms with van der Waals surface area (Å²) >= 11 is 3.93. The fraction of sp³-hybridized carbons (Fsp3) is 0.161. The van der Waals surface area contributed by atoms with Crippen molar-refractivity contribution in [3.8, 4) is 0 Å². The van der Waals surface area contributed by atoms with Crippen LogP contribution in [0.3, 0.4) is 0 Å². The second kappa shape index (κ2) is 12.3. The summed E-state index contributed by atoms with van der Waals surface area (Å²) < 4.78 is 0. The van der Waals surface area contributed by atoms with Gasteiger partial charge in [0.25, 0.3) is 0 Å². The van der Waals surface area contributed by atoms with Crippen LogP contribution in [0.2, 0.25) is 0 Å². The van der Waals surface area contributed by atoms with Gasteiger partial charge in [-0.3, -0.25) is 0 Å².